The number of nitriles is 1. The molecule has 1 rings (SSSR count). The van der Waals surface area contributed by atoms with Gasteiger partial charge in [-0.05, 0) is 0 Å². The molecule has 6 heteroatoms. The van der Waals surface area contributed by atoms with E-state index in [0.717, 1.165) is 0 Å². The molecule has 2 nitrogen and oxygen atoms in total. The molecule has 0 saturated carbocycles. The molecule has 0 N–H and O–H groups in total. The zero-order valence-corrected chi connectivity index (χ0v) is 8.99. The summed E-state index contributed by atoms with van der Waals surface area (Å²) in [5.41, 5.74) is -0.0268. The van der Waals surface area contributed by atoms with E-state index in [-0.39, 0.29) is 28.6 Å². The maximum absolute atomic E-state index is 12.6. The van der Waals surface area contributed by atoms with Gasteiger partial charge in [-0.1, -0.05) is 11.6 Å². The molecule has 1 aromatic rings. The van der Waals surface area contributed by atoms with E-state index < -0.39 is 6.43 Å². The van der Waals surface area contributed by atoms with Crippen LogP contribution in [-0.2, 0) is 12.3 Å². The van der Waals surface area contributed by atoms with Crippen molar-refractivity contribution in [1.82, 2.24) is 4.98 Å². The maximum Gasteiger partial charge on any atom is 0.267 e. The summed E-state index contributed by atoms with van der Waals surface area (Å²) in [6, 6.07) is 1.83. The van der Waals surface area contributed by atoms with Crippen LogP contribution in [-0.4, -0.2) is 4.98 Å². The van der Waals surface area contributed by atoms with Gasteiger partial charge in [0.15, 0.2) is 0 Å². The number of hydrogen-bond donors (Lipinski definition) is 0. The minimum Gasteiger partial charge on any atom is -0.259 e. The smallest absolute Gasteiger partial charge is 0.259 e. The summed E-state index contributed by atoms with van der Waals surface area (Å²) in [5.74, 6) is -0.133. The first kappa shape index (κ1) is 12.2. The van der Waals surface area contributed by atoms with Gasteiger partial charge in [0, 0.05) is 11.8 Å². The Hall–Kier alpha value is -0.920. The minimum atomic E-state index is -2.74. The van der Waals surface area contributed by atoms with Crippen molar-refractivity contribution in [2.45, 2.75) is 18.7 Å². The molecule has 0 aromatic carbocycles. The van der Waals surface area contributed by atoms with E-state index in [4.69, 9.17) is 28.5 Å². The van der Waals surface area contributed by atoms with Crippen LogP contribution in [0.1, 0.15) is 23.2 Å². The standard InChI is InChI=1S/C9H6Cl2F2N2/c10-3-6-7(9(12)13)8(11)5(1-2-14)4-15-6/h4,9H,1,3H2. The summed E-state index contributed by atoms with van der Waals surface area (Å²) in [6.45, 7) is 0. The summed E-state index contributed by atoms with van der Waals surface area (Å²) in [7, 11) is 0. The number of pyridine rings is 1. The lowest BCUT2D eigenvalue weighted by Crippen LogP contribution is -2.01. The summed E-state index contributed by atoms with van der Waals surface area (Å²) >= 11 is 11.2. The molecular formula is C9H6Cl2F2N2. The second-order valence-corrected chi connectivity index (χ2v) is 3.37. The molecule has 0 unspecified atom stereocenters. The van der Waals surface area contributed by atoms with Crippen molar-refractivity contribution in [3.63, 3.8) is 0 Å². The highest BCUT2D eigenvalue weighted by atomic mass is 35.5. The van der Waals surface area contributed by atoms with Crippen LogP contribution in [0.25, 0.3) is 0 Å². The third-order valence-corrected chi connectivity index (χ3v) is 2.52. The van der Waals surface area contributed by atoms with Crippen molar-refractivity contribution in [2.24, 2.45) is 0 Å². The van der Waals surface area contributed by atoms with Gasteiger partial charge in [-0.25, -0.2) is 8.78 Å². The predicted molar refractivity (Wildman–Crippen MR) is 53.1 cm³/mol. The third kappa shape index (κ3) is 2.55. The van der Waals surface area contributed by atoms with Crippen LogP contribution < -0.4 is 0 Å². The van der Waals surface area contributed by atoms with E-state index in [1.165, 1.54) is 6.20 Å². The van der Waals surface area contributed by atoms with E-state index in [0.29, 0.717) is 5.56 Å². The van der Waals surface area contributed by atoms with Crippen LogP contribution in [0.5, 0.6) is 0 Å². The summed E-state index contributed by atoms with van der Waals surface area (Å²) in [5, 5.41) is 8.34. The number of aromatic nitrogens is 1. The predicted octanol–water partition coefficient (Wildman–Crippen LogP) is 3.48. The van der Waals surface area contributed by atoms with Crippen LogP contribution in [0.4, 0.5) is 8.78 Å². The average molecular weight is 251 g/mol. The zero-order valence-electron chi connectivity index (χ0n) is 7.48. The number of hydrogen-bond acceptors (Lipinski definition) is 2. The van der Waals surface area contributed by atoms with E-state index in [1.54, 1.807) is 0 Å². The van der Waals surface area contributed by atoms with E-state index in [1.807, 2.05) is 6.07 Å². The van der Waals surface area contributed by atoms with Crippen LogP contribution in [0.15, 0.2) is 6.20 Å². The van der Waals surface area contributed by atoms with Gasteiger partial charge < -0.3 is 0 Å². The van der Waals surface area contributed by atoms with Crippen LogP contribution in [0, 0.1) is 11.3 Å². The third-order valence-electron chi connectivity index (χ3n) is 1.82. The lowest BCUT2D eigenvalue weighted by Gasteiger charge is -2.10. The molecule has 0 aliphatic carbocycles. The molecule has 1 aromatic heterocycles. The molecule has 1 heterocycles. The molecule has 0 saturated heterocycles. The first-order valence-corrected chi connectivity index (χ1v) is 4.90. The highest BCUT2D eigenvalue weighted by Crippen LogP contribution is 2.32. The SMILES string of the molecule is N#CCc1cnc(CCl)c(C(F)F)c1Cl. The van der Waals surface area contributed by atoms with Crippen molar-refractivity contribution < 1.29 is 8.78 Å². The number of rotatable bonds is 3. The summed E-state index contributed by atoms with van der Waals surface area (Å²) < 4.78 is 25.3. The minimum absolute atomic E-state index is 0.0475. The van der Waals surface area contributed by atoms with Crippen molar-refractivity contribution >= 4 is 23.2 Å². The van der Waals surface area contributed by atoms with Gasteiger partial charge in [0.25, 0.3) is 6.43 Å². The van der Waals surface area contributed by atoms with Gasteiger partial charge in [-0.2, -0.15) is 5.26 Å². The first-order chi connectivity index (χ1) is 7.11. The Bertz CT molecular complexity index is 402. The fourth-order valence-electron chi connectivity index (χ4n) is 1.12. The highest BCUT2D eigenvalue weighted by molar-refractivity contribution is 6.32. The monoisotopic (exact) mass is 250 g/mol. The Kier molecular flexibility index (Phi) is 4.25. The van der Waals surface area contributed by atoms with Crippen LogP contribution in [0.3, 0.4) is 0 Å². The Morgan fingerprint density at radius 3 is 2.67 bits per heavy atom. The van der Waals surface area contributed by atoms with Gasteiger partial charge >= 0.3 is 0 Å². The van der Waals surface area contributed by atoms with Crippen molar-refractivity contribution in [2.75, 3.05) is 0 Å². The second kappa shape index (κ2) is 5.24. The quantitative estimate of drug-likeness (QED) is 0.771. The fourth-order valence-corrected chi connectivity index (χ4v) is 1.64. The lowest BCUT2D eigenvalue weighted by molar-refractivity contribution is 0.150. The Labute approximate surface area is 95.4 Å². The Morgan fingerprint density at radius 1 is 1.53 bits per heavy atom. The molecule has 0 aliphatic rings. The van der Waals surface area contributed by atoms with Crippen molar-refractivity contribution in [1.29, 1.82) is 5.26 Å². The molecule has 15 heavy (non-hydrogen) atoms. The highest BCUT2D eigenvalue weighted by Gasteiger charge is 2.20. The van der Waals surface area contributed by atoms with E-state index in [9.17, 15) is 8.78 Å². The maximum atomic E-state index is 12.6. The van der Waals surface area contributed by atoms with Gasteiger partial charge in [0.2, 0.25) is 0 Å². The lowest BCUT2D eigenvalue weighted by atomic mass is 10.1. The second-order valence-electron chi connectivity index (χ2n) is 2.73. The molecule has 80 valence electrons. The molecule has 0 fully saturated rings. The molecule has 0 amide bonds. The van der Waals surface area contributed by atoms with Gasteiger partial charge in [0.05, 0.1) is 34.7 Å². The molecule has 0 bridgehead atoms. The van der Waals surface area contributed by atoms with Crippen molar-refractivity contribution in [3.8, 4) is 6.07 Å². The van der Waals surface area contributed by atoms with Gasteiger partial charge in [0.1, 0.15) is 0 Å². The fraction of sp³-hybridized carbons (Fsp3) is 0.333. The van der Waals surface area contributed by atoms with E-state index >= 15 is 0 Å². The summed E-state index contributed by atoms with van der Waals surface area (Å²) in [6.07, 6.45) is -1.49. The van der Waals surface area contributed by atoms with Crippen LogP contribution >= 0.6 is 23.2 Å². The first-order valence-electron chi connectivity index (χ1n) is 3.99. The Morgan fingerprint density at radius 2 is 2.20 bits per heavy atom. The van der Waals surface area contributed by atoms with Gasteiger partial charge in [-0.3, -0.25) is 4.98 Å². The molecule has 0 spiro atoms. The van der Waals surface area contributed by atoms with E-state index in [2.05, 4.69) is 4.98 Å². The van der Waals surface area contributed by atoms with Crippen molar-refractivity contribution in [3.05, 3.63) is 28.0 Å². The number of alkyl halides is 3. The van der Waals surface area contributed by atoms with Gasteiger partial charge in [-0.15, -0.1) is 11.6 Å². The molecule has 0 aliphatic heterocycles. The summed E-state index contributed by atoms with van der Waals surface area (Å²) in [4.78, 5) is 3.75. The average Bonchev–Trinajstić information content (AvgIpc) is 2.20. The topological polar surface area (TPSA) is 36.7 Å². The molecule has 0 atom stereocenters. The molecular weight excluding hydrogens is 245 g/mol. The number of halogens is 4. The Balaban J connectivity index is 3.30. The number of nitrogens with zero attached hydrogens (tertiary/aromatic N) is 2. The normalized spacial score (nSPS) is 10.4. The zero-order chi connectivity index (χ0) is 11.4. The largest absolute Gasteiger partial charge is 0.267 e. The van der Waals surface area contributed by atoms with Crippen LogP contribution in [0.2, 0.25) is 5.02 Å². The molecule has 0 radical (unpaired) electrons.